The summed E-state index contributed by atoms with van der Waals surface area (Å²) in [6, 6.07) is 8.53. The Balaban J connectivity index is 2.66. The lowest BCUT2D eigenvalue weighted by Crippen LogP contribution is -2.29. The van der Waals surface area contributed by atoms with E-state index in [0.29, 0.717) is 24.5 Å². The van der Waals surface area contributed by atoms with Gasteiger partial charge in [-0.1, -0.05) is 30.4 Å². The molecule has 18 heavy (non-hydrogen) atoms. The molecule has 0 aliphatic heterocycles. The number of hydrogen-bond acceptors (Lipinski definition) is 3. The summed E-state index contributed by atoms with van der Waals surface area (Å²) in [7, 11) is -3.20. The first-order valence-electron chi connectivity index (χ1n) is 5.82. The van der Waals surface area contributed by atoms with E-state index in [1.807, 2.05) is 4.90 Å². The van der Waals surface area contributed by atoms with Crippen LogP contribution in [0.2, 0.25) is 0 Å². The van der Waals surface area contributed by atoms with Crippen molar-refractivity contribution < 1.29 is 8.42 Å². The third kappa shape index (κ3) is 4.47. The van der Waals surface area contributed by atoms with Gasteiger partial charge in [0.25, 0.3) is 0 Å². The number of sulfone groups is 1. The van der Waals surface area contributed by atoms with E-state index >= 15 is 0 Å². The predicted octanol–water partition coefficient (Wildman–Crippen LogP) is 2.13. The van der Waals surface area contributed by atoms with Crippen LogP contribution in [0.1, 0.15) is 0 Å². The minimum atomic E-state index is -3.20. The quantitative estimate of drug-likeness (QED) is 0.676. The summed E-state index contributed by atoms with van der Waals surface area (Å²) in [4.78, 5) is 2.36. The van der Waals surface area contributed by atoms with Crippen molar-refractivity contribution in [2.24, 2.45) is 0 Å². The molecule has 0 unspecified atom stereocenters. The van der Waals surface area contributed by atoms with Crippen LogP contribution in [0.4, 0.5) is 0 Å². The second-order valence-electron chi connectivity index (χ2n) is 3.97. The zero-order chi connectivity index (χ0) is 13.4. The summed E-state index contributed by atoms with van der Waals surface area (Å²) >= 11 is 0. The van der Waals surface area contributed by atoms with E-state index in [-0.39, 0.29) is 5.75 Å². The van der Waals surface area contributed by atoms with E-state index in [4.69, 9.17) is 0 Å². The third-order valence-electron chi connectivity index (χ3n) is 2.55. The molecule has 0 fully saturated rings. The lowest BCUT2D eigenvalue weighted by Gasteiger charge is -2.18. The normalized spacial score (nSPS) is 11.4. The molecule has 1 aromatic carbocycles. The van der Waals surface area contributed by atoms with Gasteiger partial charge in [0.15, 0.2) is 9.84 Å². The molecule has 1 aromatic rings. The van der Waals surface area contributed by atoms with Crippen molar-refractivity contribution in [2.75, 3.05) is 25.4 Å². The average Bonchev–Trinajstić information content (AvgIpc) is 2.38. The fraction of sp³-hybridized carbons (Fsp3) is 0.286. The monoisotopic (exact) mass is 265 g/mol. The molecule has 1 rings (SSSR count). The largest absolute Gasteiger partial charge is 0.295 e. The van der Waals surface area contributed by atoms with Crippen molar-refractivity contribution in [3.63, 3.8) is 0 Å². The van der Waals surface area contributed by atoms with Gasteiger partial charge in [-0.15, -0.1) is 13.2 Å². The van der Waals surface area contributed by atoms with Gasteiger partial charge < -0.3 is 0 Å². The van der Waals surface area contributed by atoms with Crippen molar-refractivity contribution >= 4 is 9.84 Å². The van der Waals surface area contributed by atoms with Gasteiger partial charge in [-0.3, -0.25) is 4.90 Å². The highest BCUT2D eigenvalue weighted by Gasteiger charge is 2.15. The Morgan fingerprint density at radius 3 is 2.11 bits per heavy atom. The van der Waals surface area contributed by atoms with Crippen molar-refractivity contribution in [3.05, 3.63) is 55.6 Å². The zero-order valence-corrected chi connectivity index (χ0v) is 11.3. The van der Waals surface area contributed by atoms with Gasteiger partial charge in [0.1, 0.15) is 0 Å². The Morgan fingerprint density at radius 1 is 1.06 bits per heavy atom. The fourth-order valence-corrected chi connectivity index (χ4v) is 2.92. The number of nitrogens with zero attached hydrogens (tertiary/aromatic N) is 1. The number of rotatable bonds is 8. The maximum Gasteiger partial charge on any atom is 0.179 e. The number of hydrogen-bond donors (Lipinski definition) is 0. The van der Waals surface area contributed by atoms with Crippen molar-refractivity contribution in [1.29, 1.82) is 0 Å². The number of benzene rings is 1. The summed E-state index contributed by atoms with van der Waals surface area (Å²) in [5.41, 5.74) is 0. The summed E-state index contributed by atoms with van der Waals surface area (Å²) < 4.78 is 24.1. The van der Waals surface area contributed by atoms with Crippen LogP contribution >= 0.6 is 0 Å². The Bertz CT molecular complexity index is 470. The molecule has 0 bridgehead atoms. The molecule has 0 atom stereocenters. The first kappa shape index (κ1) is 14.7. The van der Waals surface area contributed by atoms with Crippen LogP contribution in [0.3, 0.4) is 0 Å². The van der Waals surface area contributed by atoms with E-state index in [9.17, 15) is 8.42 Å². The molecule has 0 spiro atoms. The summed E-state index contributed by atoms with van der Waals surface area (Å²) in [5, 5.41) is 0. The second-order valence-corrected chi connectivity index (χ2v) is 6.08. The Morgan fingerprint density at radius 2 is 1.61 bits per heavy atom. The van der Waals surface area contributed by atoms with E-state index in [1.165, 1.54) is 0 Å². The van der Waals surface area contributed by atoms with Gasteiger partial charge in [0.05, 0.1) is 10.6 Å². The smallest absolute Gasteiger partial charge is 0.179 e. The standard InChI is InChI=1S/C14H19NO2S/c1-3-10-15(11-4-2)12-13-18(16,17)14-8-6-5-7-9-14/h3-9H,1-2,10-13H2. The van der Waals surface area contributed by atoms with Crippen LogP contribution in [0.25, 0.3) is 0 Å². The highest BCUT2D eigenvalue weighted by molar-refractivity contribution is 7.91. The van der Waals surface area contributed by atoms with Crippen LogP contribution < -0.4 is 0 Å². The van der Waals surface area contributed by atoms with Crippen molar-refractivity contribution in [1.82, 2.24) is 4.90 Å². The lowest BCUT2D eigenvalue weighted by molar-refractivity contribution is 0.355. The SMILES string of the molecule is C=CCN(CC=C)CCS(=O)(=O)c1ccccc1. The molecule has 0 aromatic heterocycles. The lowest BCUT2D eigenvalue weighted by atomic mass is 10.4. The molecule has 98 valence electrons. The van der Waals surface area contributed by atoms with Gasteiger partial charge in [-0.05, 0) is 12.1 Å². The summed E-state index contributed by atoms with van der Waals surface area (Å²) in [6.07, 6.45) is 3.53. The fourth-order valence-electron chi connectivity index (χ4n) is 1.62. The highest BCUT2D eigenvalue weighted by atomic mass is 32.2. The van der Waals surface area contributed by atoms with Crippen LogP contribution in [-0.4, -0.2) is 38.7 Å². The molecule has 0 saturated heterocycles. The second kappa shape index (κ2) is 7.13. The van der Waals surface area contributed by atoms with Gasteiger partial charge in [-0.2, -0.15) is 0 Å². The van der Waals surface area contributed by atoms with E-state index in [0.717, 1.165) is 0 Å². The van der Waals surface area contributed by atoms with Crippen LogP contribution in [0.5, 0.6) is 0 Å². The Labute approximate surface area is 109 Å². The molecular formula is C14H19NO2S. The molecule has 0 radical (unpaired) electrons. The molecular weight excluding hydrogens is 246 g/mol. The predicted molar refractivity (Wildman–Crippen MR) is 75.3 cm³/mol. The summed E-state index contributed by atoms with van der Waals surface area (Å²) in [6.45, 7) is 9.13. The average molecular weight is 265 g/mol. The van der Waals surface area contributed by atoms with Crippen molar-refractivity contribution in [3.8, 4) is 0 Å². The minimum Gasteiger partial charge on any atom is -0.295 e. The molecule has 4 heteroatoms. The third-order valence-corrected chi connectivity index (χ3v) is 4.26. The maximum absolute atomic E-state index is 12.1. The first-order valence-corrected chi connectivity index (χ1v) is 7.47. The van der Waals surface area contributed by atoms with Gasteiger partial charge >= 0.3 is 0 Å². The van der Waals surface area contributed by atoms with Crippen molar-refractivity contribution in [2.45, 2.75) is 4.90 Å². The summed E-state index contributed by atoms with van der Waals surface area (Å²) in [5.74, 6) is 0.110. The minimum absolute atomic E-state index is 0.110. The van der Waals surface area contributed by atoms with E-state index < -0.39 is 9.84 Å². The van der Waals surface area contributed by atoms with E-state index in [2.05, 4.69) is 13.2 Å². The highest BCUT2D eigenvalue weighted by Crippen LogP contribution is 2.10. The van der Waals surface area contributed by atoms with Crippen LogP contribution in [0.15, 0.2) is 60.5 Å². The first-order chi connectivity index (χ1) is 8.60. The molecule has 0 heterocycles. The molecule has 0 saturated carbocycles. The van der Waals surface area contributed by atoms with Gasteiger partial charge in [-0.25, -0.2) is 8.42 Å². The molecule has 3 nitrogen and oxygen atoms in total. The van der Waals surface area contributed by atoms with Gasteiger partial charge in [0.2, 0.25) is 0 Å². The molecule has 0 amide bonds. The zero-order valence-electron chi connectivity index (χ0n) is 10.5. The molecule has 0 aliphatic rings. The Kier molecular flexibility index (Phi) is 5.82. The van der Waals surface area contributed by atoms with E-state index in [1.54, 1.807) is 42.5 Å². The molecule has 0 N–H and O–H groups in total. The van der Waals surface area contributed by atoms with Crippen LogP contribution in [0, 0.1) is 0 Å². The topological polar surface area (TPSA) is 37.4 Å². The Hall–Kier alpha value is -1.39. The van der Waals surface area contributed by atoms with Crippen LogP contribution in [-0.2, 0) is 9.84 Å². The molecule has 0 aliphatic carbocycles. The maximum atomic E-state index is 12.1. The van der Waals surface area contributed by atoms with Gasteiger partial charge in [0, 0.05) is 19.6 Å².